The van der Waals surface area contributed by atoms with Crippen molar-refractivity contribution in [1.29, 1.82) is 0 Å². The molecular formula is C17H25NO. The fourth-order valence-corrected chi connectivity index (χ4v) is 1.74. The summed E-state index contributed by atoms with van der Waals surface area (Å²) in [5.74, 6) is 4.15. The van der Waals surface area contributed by atoms with Crippen molar-refractivity contribution < 1.29 is 4.74 Å². The Morgan fingerprint density at radius 2 is 1.89 bits per heavy atom. The van der Waals surface area contributed by atoms with E-state index in [1.807, 2.05) is 12.1 Å². The quantitative estimate of drug-likeness (QED) is 0.566. The molecule has 19 heavy (non-hydrogen) atoms. The number of hydrogen-bond acceptors (Lipinski definition) is 2. The molecule has 0 aromatic heterocycles. The number of unbranched alkanes of at least 4 members (excludes halogenated alkanes) is 1. The third-order valence-electron chi connectivity index (χ3n) is 2.91. The topological polar surface area (TPSA) is 21.3 Å². The second-order valence-corrected chi connectivity index (χ2v) is 5.26. The van der Waals surface area contributed by atoms with E-state index in [-0.39, 0.29) is 0 Å². The lowest BCUT2D eigenvalue weighted by molar-refractivity contribution is 0.271. The fraction of sp³-hybridized carbons (Fsp3) is 0.529. The number of hydrogen-bond donors (Lipinski definition) is 1. The van der Waals surface area contributed by atoms with Crippen molar-refractivity contribution in [2.75, 3.05) is 13.2 Å². The third kappa shape index (κ3) is 6.31. The molecule has 0 saturated heterocycles. The molecule has 0 amide bonds. The Kier molecular flexibility index (Phi) is 7.07. The van der Waals surface area contributed by atoms with Crippen molar-refractivity contribution in [1.82, 2.24) is 5.32 Å². The predicted molar refractivity (Wildman–Crippen MR) is 81.3 cm³/mol. The Balaban J connectivity index is 2.40. The highest BCUT2D eigenvalue weighted by Crippen LogP contribution is 2.18. The van der Waals surface area contributed by atoms with E-state index in [1.165, 1.54) is 5.56 Å². The zero-order valence-corrected chi connectivity index (χ0v) is 12.3. The highest BCUT2D eigenvalue weighted by atomic mass is 16.5. The maximum Gasteiger partial charge on any atom is 0.119 e. The molecule has 0 bridgehead atoms. The molecule has 0 spiro atoms. The van der Waals surface area contributed by atoms with Crippen molar-refractivity contribution in [3.63, 3.8) is 0 Å². The van der Waals surface area contributed by atoms with E-state index in [1.54, 1.807) is 0 Å². The first-order valence-electron chi connectivity index (χ1n) is 7.03. The molecule has 0 aliphatic heterocycles. The Hall–Kier alpha value is -1.46. The zero-order valence-electron chi connectivity index (χ0n) is 12.3. The van der Waals surface area contributed by atoms with Gasteiger partial charge in [0.2, 0.25) is 0 Å². The number of rotatable bonds is 8. The number of terminal acetylenes is 1. The molecule has 0 fully saturated rings. The van der Waals surface area contributed by atoms with Crippen LogP contribution in [0, 0.1) is 18.3 Å². The van der Waals surface area contributed by atoms with Crippen LogP contribution in [-0.2, 0) is 0 Å². The summed E-state index contributed by atoms with van der Waals surface area (Å²) in [6.45, 7) is 8.18. The fourth-order valence-electron chi connectivity index (χ4n) is 1.74. The minimum Gasteiger partial charge on any atom is -0.493 e. The second kappa shape index (κ2) is 8.61. The standard InChI is InChI=1S/C17H25NO/c1-5-6-7-12-18-15(4)16-8-10-17(11-9-16)19-13-14(2)3/h1,8-11,14-15,18H,6-7,12-13H2,2-4H3. The summed E-state index contributed by atoms with van der Waals surface area (Å²) in [5, 5.41) is 3.47. The first-order chi connectivity index (χ1) is 9.13. The molecule has 0 aliphatic rings. The molecular weight excluding hydrogens is 234 g/mol. The summed E-state index contributed by atoms with van der Waals surface area (Å²) in [6.07, 6.45) is 7.09. The number of nitrogens with one attached hydrogen (secondary N) is 1. The average molecular weight is 259 g/mol. The van der Waals surface area contributed by atoms with Crippen LogP contribution in [0.25, 0.3) is 0 Å². The molecule has 0 aliphatic carbocycles. The van der Waals surface area contributed by atoms with Crippen LogP contribution in [-0.4, -0.2) is 13.2 Å². The van der Waals surface area contributed by atoms with Gasteiger partial charge >= 0.3 is 0 Å². The predicted octanol–water partition coefficient (Wildman–Crippen LogP) is 3.79. The van der Waals surface area contributed by atoms with Crippen LogP contribution in [0.2, 0.25) is 0 Å². The molecule has 2 nitrogen and oxygen atoms in total. The average Bonchev–Trinajstić information content (AvgIpc) is 2.41. The Labute approximate surface area is 117 Å². The van der Waals surface area contributed by atoms with Crippen LogP contribution < -0.4 is 10.1 Å². The summed E-state index contributed by atoms with van der Waals surface area (Å²) >= 11 is 0. The first-order valence-corrected chi connectivity index (χ1v) is 7.03. The van der Waals surface area contributed by atoms with Gasteiger partial charge in [-0.3, -0.25) is 0 Å². The normalized spacial score (nSPS) is 12.2. The summed E-state index contributed by atoms with van der Waals surface area (Å²) in [6, 6.07) is 8.66. The van der Waals surface area contributed by atoms with Gasteiger partial charge < -0.3 is 10.1 Å². The van der Waals surface area contributed by atoms with Crippen LogP contribution in [0.15, 0.2) is 24.3 Å². The molecule has 1 aromatic rings. The van der Waals surface area contributed by atoms with Gasteiger partial charge in [0, 0.05) is 12.5 Å². The minimum atomic E-state index is 0.344. The third-order valence-corrected chi connectivity index (χ3v) is 2.91. The second-order valence-electron chi connectivity index (χ2n) is 5.26. The van der Waals surface area contributed by atoms with E-state index in [9.17, 15) is 0 Å². The van der Waals surface area contributed by atoms with Gasteiger partial charge in [-0.2, -0.15) is 0 Å². The Bertz CT molecular complexity index is 389. The lowest BCUT2D eigenvalue weighted by Crippen LogP contribution is -2.19. The molecule has 1 N–H and O–H groups in total. The molecule has 1 aromatic carbocycles. The highest BCUT2D eigenvalue weighted by molar-refractivity contribution is 5.28. The van der Waals surface area contributed by atoms with Crippen molar-refractivity contribution in [3.05, 3.63) is 29.8 Å². The van der Waals surface area contributed by atoms with Gasteiger partial charge in [0.15, 0.2) is 0 Å². The van der Waals surface area contributed by atoms with Crippen LogP contribution in [0.4, 0.5) is 0 Å². The zero-order chi connectivity index (χ0) is 14.1. The van der Waals surface area contributed by atoms with Crippen molar-refractivity contribution in [3.8, 4) is 18.1 Å². The van der Waals surface area contributed by atoms with Crippen LogP contribution in [0.1, 0.15) is 45.2 Å². The van der Waals surface area contributed by atoms with Gasteiger partial charge in [-0.05, 0) is 43.5 Å². The Morgan fingerprint density at radius 1 is 1.21 bits per heavy atom. The summed E-state index contributed by atoms with van der Waals surface area (Å²) in [7, 11) is 0. The SMILES string of the molecule is C#CCCCNC(C)c1ccc(OCC(C)C)cc1. The van der Waals surface area contributed by atoms with E-state index in [0.29, 0.717) is 12.0 Å². The van der Waals surface area contributed by atoms with Gasteiger partial charge in [-0.1, -0.05) is 26.0 Å². The molecule has 1 unspecified atom stereocenters. The van der Waals surface area contributed by atoms with Crippen LogP contribution in [0.5, 0.6) is 5.75 Å². The molecule has 0 saturated carbocycles. The van der Waals surface area contributed by atoms with Crippen molar-refractivity contribution >= 4 is 0 Å². The van der Waals surface area contributed by atoms with Gasteiger partial charge in [0.25, 0.3) is 0 Å². The van der Waals surface area contributed by atoms with Crippen molar-refractivity contribution in [2.45, 2.75) is 39.7 Å². The number of benzene rings is 1. The van der Waals surface area contributed by atoms with Gasteiger partial charge in [-0.15, -0.1) is 12.3 Å². The van der Waals surface area contributed by atoms with E-state index in [4.69, 9.17) is 11.2 Å². The summed E-state index contributed by atoms with van der Waals surface area (Å²) in [4.78, 5) is 0. The van der Waals surface area contributed by atoms with Gasteiger partial charge in [0.05, 0.1) is 6.61 Å². The molecule has 1 atom stereocenters. The molecule has 0 heterocycles. The molecule has 0 radical (unpaired) electrons. The largest absolute Gasteiger partial charge is 0.493 e. The summed E-state index contributed by atoms with van der Waals surface area (Å²) in [5.41, 5.74) is 1.28. The first kappa shape index (κ1) is 15.6. The summed E-state index contributed by atoms with van der Waals surface area (Å²) < 4.78 is 5.67. The van der Waals surface area contributed by atoms with Gasteiger partial charge in [-0.25, -0.2) is 0 Å². The van der Waals surface area contributed by atoms with Gasteiger partial charge in [0.1, 0.15) is 5.75 Å². The van der Waals surface area contributed by atoms with E-state index < -0.39 is 0 Å². The number of ether oxygens (including phenoxy) is 1. The van der Waals surface area contributed by atoms with E-state index >= 15 is 0 Å². The van der Waals surface area contributed by atoms with Crippen LogP contribution >= 0.6 is 0 Å². The smallest absolute Gasteiger partial charge is 0.119 e. The van der Waals surface area contributed by atoms with E-state index in [0.717, 1.165) is 31.7 Å². The molecule has 104 valence electrons. The maximum atomic E-state index is 5.67. The monoisotopic (exact) mass is 259 g/mol. The molecule has 1 rings (SSSR count). The van der Waals surface area contributed by atoms with Crippen molar-refractivity contribution in [2.24, 2.45) is 5.92 Å². The Morgan fingerprint density at radius 3 is 2.47 bits per heavy atom. The molecule has 2 heteroatoms. The minimum absolute atomic E-state index is 0.344. The van der Waals surface area contributed by atoms with Crippen LogP contribution in [0.3, 0.4) is 0 Å². The lowest BCUT2D eigenvalue weighted by atomic mass is 10.1. The van der Waals surface area contributed by atoms with E-state index in [2.05, 4.69) is 44.1 Å². The maximum absolute atomic E-state index is 5.67. The lowest BCUT2D eigenvalue weighted by Gasteiger charge is -2.15. The highest BCUT2D eigenvalue weighted by Gasteiger charge is 2.04.